The highest BCUT2D eigenvalue weighted by Crippen LogP contribution is 2.01. The Balaban J connectivity index is -0.000000114. The van der Waals surface area contributed by atoms with Crippen molar-refractivity contribution < 1.29 is 4.43 Å². The molecule has 1 aliphatic heterocycles. The molecular formula is C6H20N2OSi. The molecular weight excluding hydrogens is 144 g/mol. The summed E-state index contributed by atoms with van der Waals surface area (Å²) in [5.41, 5.74) is 0. The van der Waals surface area contributed by atoms with E-state index >= 15 is 0 Å². The summed E-state index contributed by atoms with van der Waals surface area (Å²) in [4.78, 5) is 0. The first-order chi connectivity index (χ1) is 4.00. The molecule has 0 aliphatic carbocycles. The van der Waals surface area contributed by atoms with Gasteiger partial charge in [-0.15, -0.1) is 13.2 Å². The maximum absolute atomic E-state index is 5.21. The molecule has 0 saturated carbocycles. The van der Waals surface area contributed by atoms with E-state index in [1.54, 1.807) is 0 Å². The molecule has 0 aromatic rings. The third-order valence-corrected chi connectivity index (χ3v) is 2.44. The van der Waals surface area contributed by atoms with Gasteiger partial charge in [0, 0.05) is 6.61 Å². The molecule has 1 rings (SSSR count). The Labute approximate surface area is 66.0 Å². The van der Waals surface area contributed by atoms with Crippen LogP contribution < -0.4 is 12.3 Å². The maximum atomic E-state index is 5.21. The Kier molecular flexibility index (Phi) is 26.2. The van der Waals surface area contributed by atoms with Crippen LogP contribution in [0.1, 0.15) is 12.8 Å². The summed E-state index contributed by atoms with van der Waals surface area (Å²) in [6.07, 6.45) is 2.75. The van der Waals surface area contributed by atoms with Crippen LogP contribution in [0.3, 0.4) is 0 Å². The van der Waals surface area contributed by atoms with Crippen LogP contribution in [-0.2, 0) is 4.43 Å². The molecule has 1 fully saturated rings. The minimum Gasteiger partial charge on any atom is -0.424 e. The van der Waals surface area contributed by atoms with E-state index < -0.39 is 0 Å². The Morgan fingerprint density at radius 1 is 1.10 bits per heavy atom. The number of hydrogen-bond acceptors (Lipinski definition) is 3. The van der Waals surface area contributed by atoms with Crippen LogP contribution in [0.2, 0.25) is 6.04 Å². The number of rotatable bonds is 0. The second-order valence-corrected chi connectivity index (χ2v) is 3.20. The Bertz CT molecular complexity index is 39.5. The molecule has 0 aromatic carbocycles. The van der Waals surface area contributed by atoms with Gasteiger partial charge in [0.05, 0.1) is 0 Å². The van der Waals surface area contributed by atoms with Crippen molar-refractivity contribution in [2.24, 2.45) is 0 Å². The van der Waals surface area contributed by atoms with Crippen LogP contribution in [0.5, 0.6) is 0 Å². The second-order valence-electron chi connectivity index (χ2n) is 1.67. The molecule has 1 saturated heterocycles. The first kappa shape index (κ1) is 16.4. The summed E-state index contributed by atoms with van der Waals surface area (Å²) in [6, 6.07) is 1.42. The normalized spacial score (nSPS) is 17.2. The lowest BCUT2D eigenvalue weighted by Gasteiger charge is -2.07. The average Bonchev–Trinajstić information content (AvgIpc) is 1.96. The molecule has 0 atom stereocenters. The van der Waals surface area contributed by atoms with Gasteiger partial charge in [0.25, 0.3) is 0 Å². The fourth-order valence-corrected chi connectivity index (χ4v) is 1.86. The predicted octanol–water partition coefficient (Wildman–Crippen LogP) is 1.43. The zero-order chi connectivity index (χ0) is 6.24. The van der Waals surface area contributed by atoms with E-state index in [1.165, 1.54) is 18.9 Å². The SMILES string of the molecule is C1CC[SiH2]OC1.C=C.N.N. The summed E-state index contributed by atoms with van der Waals surface area (Å²) in [7, 11) is 0.00849. The van der Waals surface area contributed by atoms with Crippen molar-refractivity contribution in [1.82, 2.24) is 12.3 Å². The van der Waals surface area contributed by atoms with Crippen molar-refractivity contribution in [2.75, 3.05) is 6.61 Å². The van der Waals surface area contributed by atoms with Gasteiger partial charge in [-0.1, -0.05) is 6.42 Å². The first-order valence-electron chi connectivity index (χ1n) is 3.08. The lowest BCUT2D eigenvalue weighted by molar-refractivity contribution is 0.304. The zero-order valence-electron chi connectivity index (χ0n) is 6.77. The molecule has 0 bridgehead atoms. The van der Waals surface area contributed by atoms with Crippen LogP contribution >= 0.6 is 0 Å². The molecule has 1 aliphatic rings. The highest BCUT2D eigenvalue weighted by Gasteiger charge is 1.96. The summed E-state index contributed by atoms with van der Waals surface area (Å²) < 4.78 is 5.21. The van der Waals surface area contributed by atoms with E-state index in [1.807, 2.05) is 0 Å². The maximum Gasteiger partial charge on any atom is 0.161 e. The topological polar surface area (TPSA) is 79.2 Å². The predicted molar refractivity (Wildman–Crippen MR) is 49.8 cm³/mol. The lowest BCUT2D eigenvalue weighted by Crippen LogP contribution is -2.06. The minimum absolute atomic E-state index is 0. The van der Waals surface area contributed by atoms with Gasteiger partial charge in [-0.2, -0.15) is 0 Å². The molecule has 3 nitrogen and oxygen atoms in total. The monoisotopic (exact) mass is 164 g/mol. The molecule has 4 heteroatoms. The molecule has 10 heavy (non-hydrogen) atoms. The second kappa shape index (κ2) is 15.9. The minimum atomic E-state index is 0. The van der Waals surface area contributed by atoms with E-state index in [4.69, 9.17) is 4.43 Å². The third kappa shape index (κ3) is 10.8. The quantitative estimate of drug-likeness (QED) is 0.420. The van der Waals surface area contributed by atoms with Gasteiger partial charge in [0.15, 0.2) is 9.76 Å². The van der Waals surface area contributed by atoms with E-state index in [0.717, 1.165) is 6.61 Å². The van der Waals surface area contributed by atoms with Gasteiger partial charge in [0.1, 0.15) is 0 Å². The standard InChI is InChI=1S/C4H10OSi.C2H4.2H3N/c1-2-4-6-5-3-1;1-2;;/h1-4,6H2;1-2H2;2*1H3. The van der Waals surface area contributed by atoms with Gasteiger partial charge in [0.2, 0.25) is 0 Å². The average molecular weight is 164 g/mol. The van der Waals surface area contributed by atoms with Crippen molar-refractivity contribution in [3.05, 3.63) is 13.2 Å². The molecule has 64 valence electrons. The Morgan fingerprint density at radius 2 is 1.70 bits per heavy atom. The molecule has 6 N–H and O–H groups in total. The van der Waals surface area contributed by atoms with Gasteiger partial charge in [-0.25, -0.2) is 0 Å². The molecule has 0 spiro atoms. The zero-order valence-corrected chi connectivity index (χ0v) is 8.19. The molecule has 0 amide bonds. The van der Waals surface area contributed by atoms with Crippen molar-refractivity contribution in [3.8, 4) is 0 Å². The molecule has 0 unspecified atom stereocenters. The van der Waals surface area contributed by atoms with Crippen LogP contribution in [0.4, 0.5) is 0 Å². The molecule has 1 heterocycles. The van der Waals surface area contributed by atoms with Crippen molar-refractivity contribution in [3.63, 3.8) is 0 Å². The summed E-state index contributed by atoms with van der Waals surface area (Å²) >= 11 is 0. The Hall–Kier alpha value is -0.163. The van der Waals surface area contributed by atoms with Crippen LogP contribution in [0.15, 0.2) is 13.2 Å². The van der Waals surface area contributed by atoms with Gasteiger partial charge < -0.3 is 16.7 Å². The van der Waals surface area contributed by atoms with Crippen LogP contribution in [0, 0.1) is 0 Å². The largest absolute Gasteiger partial charge is 0.424 e. The molecule has 0 aromatic heterocycles. The summed E-state index contributed by atoms with van der Waals surface area (Å²) in [5, 5.41) is 0. The van der Waals surface area contributed by atoms with Crippen molar-refractivity contribution in [1.29, 1.82) is 0 Å². The lowest BCUT2D eigenvalue weighted by atomic mass is 10.4. The third-order valence-electron chi connectivity index (χ3n) is 1.08. The van der Waals surface area contributed by atoms with E-state index in [-0.39, 0.29) is 22.1 Å². The molecule has 0 radical (unpaired) electrons. The van der Waals surface area contributed by atoms with E-state index in [0.29, 0.717) is 0 Å². The van der Waals surface area contributed by atoms with Gasteiger partial charge >= 0.3 is 0 Å². The van der Waals surface area contributed by atoms with Gasteiger partial charge in [-0.05, 0) is 12.5 Å². The van der Waals surface area contributed by atoms with Crippen LogP contribution in [-0.4, -0.2) is 16.4 Å². The fourth-order valence-electron chi connectivity index (χ4n) is 0.687. The highest BCUT2D eigenvalue weighted by molar-refractivity contribution is 6.27. The first-order valence-corrected chi connectivity index (χ1v) is 4.65. The number of hydrogen-bond donors (Lipinski definition) is 2. The summed E-state index contributed by atoms with van der Waals surface area (Å²) in [6.45, 7) is 7.06. The van der Waals surface area contributed by atoms with Crippen molar-refractivity contribution >= 4 is 9.76 Å². The van der Waals surface area contributed by atoms with Crippen molar-refractivity contribution in [2.45, 2.75) is 18.9 Å². The Morgan fingerprint density at radius 3 is 1.80 bits per heavy atom. The van der Waals surface area contributed by atoms with Gasteiger partial charge in [-0.3, -0.25) is 0 Å². The fraction of sp³-hybridized carbons (Fsp3) is 0.667. The van der Waals surface area contributed by atoms with E-state index in [9.17, 15) is 0 Å². The smallest absolute Gasteiger partial charge is 0.161 e. The summed E-state index contributed by atoms with van der Waals surface area (Å²) in [5.74, 6) is 0. The van der Waals surface area contributed by atoms with Crippen LogP contribution in [0.25, 0.3) is 0 Å². The highest BCUT2D eigenvalue weighted by atomic mass is 28.2. The van der Waals surface area contributed by atoms with E-state index in [2.05, 4.69) is 13.2 Å².